The molecule has 0 spiro atoms. The van der Waals surface area contributed by atoms with Gasteiger partial charge in [0.15, 0.2) is 0 Å². The van der Waals surface area contributed by atoms with Crippen LogP contribution in [-0.4, -0.2) is 44.9 Å². The van der Waals surface area contributed by atoms with Gasteiger partial charge in [-0.2, -0.15) is 0 Å². The Labute approximate surface area is 112 Å². The molecule has 5 nitrogen and oxygen atoms in total. The molecule has 0 aromatic carbocycles. The van der Waals surface area contributed by atoms with E-state index in [9.17, 15) is 4.79 Å². The second-order valence-corrected chi connectivity index (χ2v) is 4.74. The Hall–Kier alpha value is -1.12. The van der Waals surface area contributed by atoms with Crippen LogP contribution in [0.1, 0.15) is 35.1 Å². The molecule has 0 aliphatic heterocycles. The van der Waals surface area contributed by atoms with Crippen molar-refractivity contribution in [2.75, 3.05) is 27.3 Å². The fourth-order valence-corrected chi connectivity index (χ4v) is 0.615. The molecule has 0 aliphatic carbocycles. The van der Waals surface area contributed by atoms with Crippen molar-refractivity contribution in [3.05, 3.63) is 11.4 Å². The maximum absolute atomic E-state index is 9.80. The Bertz CT molecular complexity index is 245. The quantitative estimate of drug-likeness (QED) is 0.588. The summed E-state index contributed by atoms with van der Waals surface area (Å²) in [6.07, 6.45) is 0.667. The van der Waals surface area contributed by atoms with Gasteiger partial charge in [0.2, 0.25) is 13.0 Å². The van der Waals surface area contributed by atoms with Crippen molar-refractivity contribution in [1.82, 2.24) is 5.32 Å². The molecule has 1 amide bonds. The largest absolute Gasteiger partial charge is 0.377 e. The lowest BCUT2D eigenvalue weighted by molar-refractivity contribution is -0.110. The Morgan fingerprint density at radius 3 is 1.83 bits per heavy atom. The number of amides is 1. The third-order valence-electron chi connectivity index (χ3n) is 2.18. The van der Waals surface area contributed by atoms with Crippen LogP contribution in [0.15, 0.2) is 0 Å². The molecule has 0 aromatic rings. The van der Waals surface area contributed by atoms with Crippen molar-refractivity contribution in [3.8, 4) is 0 Å². The number of carbonyl (C=O) groups excluding carboxylic acids is 1. The molecule has 0 saturated carbocycles. The number of nitrogens with zero attached hydrogens (tertiary/aromatic N) is 1. The van der Waals surface area contributed by atoms with Gasteiger partial charge in [-0.3, -0.25) is 4.79 Å². The van der Waals surface area contributed by atoms with E-state index in [0.717, 1.165) is 0 Å². The lowest BCUT2D eigenvalue weighted by Crippen LogP contribution is -2.35. The molecule has 0 heterocycles. The first kappa shape index (κ1) is 22.1. The fraction of sp³-hybridized carbons (Fsp3) is 0.846. The summed E-state index contributed by atoms with van der Waals surface area (Å²) >= 11 is 0. The van der Waals surface area contributed by atoms with E-state index in [1.165, 1.54) is 0 Å². The van der Waals surface area contributed by atoms with Crippen LogP contribution in [0.25, 0.3) is 4.85 Å². The van der Waals surface area contributed by atoms with Gasteiger partial charge in [-0.05, 0) is 27.7 Å². The highest BCUT2D eigenvalue weighted by atomic mass is 16.5. The molecule has 0 aromatic heterocycles. The molecule has 1 N–H and O–H groups in total. The van der Waals surface area contributed by atoms with E-state index in [1.807, 2.05) is 27.7 Å². The van der Waals surface area contributed by atoms with Gasteiger partial charge in [0.25, 0.3) is 0 Å². The van der Waals surface area contributed by atoms with Crippen molar-refractivity contribution in [3.63, 3.8) is 0 Å². The summed E-state index contributed by atoms with van der Waals surface area (Å²) < 4.78 is 9.98. The lowest BCUT2D eigenvalue weighted by Gasteiger charge is -2.21. The Kier molecular flexibility index (Phi) is 13.5. The van der Waals surface area contributed by atoms with Gasteiger partial charge >= 0.3 is 0 Å². The third kappa shape index (κ3) is 14.9. The highest BCUT2D eigenvalue weighted by Gasteiger charge is 2.18. The molecule has 0 atom stereocenters. The second-order valence-electron chi connectivity index (χ2n) is 4.74. The summed E-state index contributed by atoms with van der Waals surface area (Å²) in [5, 5.41) is 2.53. The summed E-state index contributed by atoms with van der Waals surface area (Å²) in [6, 6.07) is 0. The van der Waals surface area contributed by atoms with Crippen LogP contribution in [0.2, 0.25) is 0 Å². The summed E-state index contributed by atoms with van der Waals surface area (Å²) in [6.45, 7) is 15.1. The summed E-state index contributed by atoms with van der Waals surface area (Å²) in [5.74, 6) is 0. The lowest BCUT2D eigenvalue weighted by atomic mass is 10.1. The van der Waals surface area contributed by atoms with Crippen LogP contribution in [0.4, 0.5) is 0 Å². The minimum absolute atomic E-state index is 0. The molecule has 0 fully saturated rings. The van der Waals surface area contributed by atoms with Crippen LogP contribution in [-0.2, 0) is 14.3 Å². The van der Waals surface area contributed by atoms with Crippen LogP contribution < -0.4 is 5.32 Å². The van der Waals surface area contributed by atoms with Crippen LogP contribution in [0, 0.1) is 6.57 Å². The average Bonchev–Trinajstić information content (AvgIpc) is 2.27. The molecular formula is C13H28N2O3. The van der Waals surface area contributed by atoms with Crippen molar-refractivity contribution < 1.29 is 14.3 Å². The first-order valence-electron chi connectivity index (χ1n) is 5.35. The number of nitrogens with one attached hydrogen (secondary N) is 1. The number of hydrogen-bond donors (Lipinski definition) is 1. The molecular weight excluding hydrogens is 232 g/mol. The fourth-order valence-electron chi connectivity index (χ4n) is 0.615. The molecule has 18 heavy (non-hydrogen) atoms. The van der Waals surface area contributed by atoms with E-state index >= 15 is 0 Å². The number of ether oxygens (including phenoxy) is 2. The van der Waals surface area contributed by atoms with Gasteiger partial charge in [-0.25, -0.2) is 6.57 Å². The second kappa shape index (κ2) is 11.0. The van der Waals surface area contributed by atoms with Crippen molar-refractivity contribution in [2.24, 2.45) is 0 Å². The summed E-state index contributed by atoms with van der Waals surface area (Å²) in [4.78, 5) is 13.0. The maximum Gasteiger partial charge on any atom is 0.242 e. The highest BCUT2D eigenvalue weighted by molar-refractivity contribution is 5.45. The molecule has 0 saturated heterocycles. The van der Waals surface area contributed by atoms with E-state index in [0.29, 0.717) is 19.5 Å². The zero-order valence-electron chi connectivity index (χ0n) is 11.7. The first-order valence-corrected chi connectivity index (χ1v) is 5.35. The molecule has 0 bridgehead atoms. The predicted molar refractivity (Wildman–Crippen MR) is 74.4 cm³/mol. The van der Waals surface area contributed by atoms with E-state index in [-0.39, 0.29) is 18.6 Å². The maximum atomic E-state index is 9.80. The smallest absolute Gasteiger partial charge is 0.242 e. The number of rotatable bonds is 6. The van der Waals surface area contributed by atoms with Crippen molar-refractivity contribution in [2.45, 2.75) is 46.3 Å². The first-order chi connectivity index (χ1) is 7.74. The molecule has 0 radical (unpaired) electrons. The third-order valence-corrected chi connectivity index (χ3v) is 2.18. The minimum Gasteiger partial charge on any atom is -0.377 e. The van der Waals surface area contributed by atoms with Crippen LogP contribution in [0.5, 0.6) is 0 Å². The van der Waals surface area contributed by atoms with Gasteiger partial charge in [-0.1, -0.05) is 7.43 Å². The van der Waals surface area contributed by atoms with E-state index in [1.54, 1.807) is 14.2 Å². The van der Waals surface area contributed by atoms with Gasteiger partial charge in [0.1, 0.15) is 5.60 Å². The molecule has 0 unspecified atom stereocenters. The predicted octanol–water partition coefficient (Wildman–Crippen LogP) is 2.12. The monoisotopic (exact) mass is 260 g/mol. The standard InChI is InChI=1S/C6H13NO2.C6H11NO.CH4/c1-6(2,9-3)4-7-5-8;1-6(2,8-4)5-7-3;/h5H,4H2,1-3H3,(H,7,8);5H2,1-2,4H3;1H4. The molecule has 0 aliphatic rings. The topological polar surface area (TPSA) is 51.9 Å². The van der Waals surface area contributed by atoms with Gasteiger partial charge < -0.3 is 19.6 Å². The SMILES string of the molecule is C.COC(C)(C)CNC=O.[C-]#[N+]CC(C)(C)OC. The zero-order valence-corrected chi connectivity index (χ0v) is 11.7. The van der Waals surface area contributed by atoms with Gasteiger partial charge in [0, 0.05) is 20.8 Å². The molecule has 0 rings (SSSR count). The van der Waals surface area contributed by atoms with Crippen molar-refractivity contribution in [1.29, 1.82) is 0 Å². The van der Waals surface area contributed by atoms with Crippen molar-refractivity contribution >= 4 is 6.41 Å². The molecule has 5 heteroatoms. The van der Waals surface area contributed by atoms with Crippen LogP contribution >= 0.6 is 0 Å². The average molecular weight is 260 g/mol. The zero-order chi connectivity index (χ0) is 13.9. The number of hydrogen-bond acceptors (Lipinski definition) is 3. The Morgan fingerprint density at radius 1 is 1.17 bits per heavy atom. The number of carbonyl (C=O) groups is 1. The summed E-state index contributed by atoms with van der Waals surface area (Å²) in [5.41, 5.74) is -0.511. The highest BCUT2D eigenvalue weighted by Crippen LogP contribution is 2.06. The minimum atomic E-state index is -0.262. The van der Waals surface area contributed by atoms with E-state index < -0.39 is 0 Å². The van der Waals surface area contributed by atoms with Gasteiger partial charge in [0.05, 0.1) is 5.60 Å². The summed E-state index contributed by atoms with van der Waals surface area (Å²) in [7, 11) is 3.23. The van der Waals surface area contributed by atoms with E-state index in [4.69, 9.17) is 16.0 Å². The molecule has 108 valence electrons. The van der Waals surface area contributed by atoms with Crippen LogP contribution in [0.3, 0.4) is 0 Å². The van der Waals surface area contributed by atoms with E-state index in [2.05, 4.69) is 10.2 Å². The Balaban J connectivity index is -0.000000238. The number of methoxy groups -OCH3 is 2. The normalized spacial score (nSPS) is 10.3. The van der Waals surface area contributed by atoms with Gasteiger partial charge in [-0.15, -0.1) is 0 Å². The Morgan fingerprint density at radius 2 is 1.61 bits per heavy atom.